The Balaban J connectivity index is 0. The van der Waals surface area contributed by atoms with Gasteiger partial charge in [0.05, 0.1) is 6.42 Å². The summed E-state index contributed by atoms with van der Waals surface area (Å²) >= 11 is 0. The highest BCUT2D eigenvalue weighted by Crippen LogP contribution is 2.13. The summed E-state index contributed by atoms with van der Waals surface area (Å²) < 4.78 is 0. The summed E-state index contributed by atoms with van der Waals surface area (Å²) in [5.74, 6) is -2.50. The standard InChI is InChI=1S/C18H39N.C4H7NO4/c1-2-3-4-5-6-7-8-9-10-11-12-13-14-15-16-17-18-19;5-2(4(8)9)1-3(6)7/h2-19H2,1H3;2H,1,5H2,(H,6,7)(H,8,9). The van der Waals surface area contributed by atoms with Gasteiger partial charge >= 0.3 is 11.9 Å². The fourth-order valence-corrected chi connectivity index (χ4v) is 2.97. The van der Waals surface area contributed by atoms with E-state index >= 15 is 0 Å². The highest BCUT2D eigenvalue weighted by molar-refractivity contribution is 5.80. The third-order valence-electron chi connectivity index (χ3n) is 4.77. The first-order chi connectivity index (χ1) is 13.5. The van der Waals surface area contributed by atoms with Crippen molar-refractivity contribution in [2.45, 2.75) is 122 Å². The second-order valence-electron chi connectivity index (χ2n) is 7.63. The molecule has 6 heteroatoms. The van der Waals surface area contributed by atoms with E-state index in [1.165, 1.54) is 103 Å². The van der Waals surface area contributed by atoms with Crippen molar-refractivity contribution >= 4 is 11.9 Å². The van der Waals surface area contributed by atoms with E-state index in [4.69, 9.17) is 21.7 Å². The number of carboxylic acids is 2. The van der Waals surface area contributed by atoms with Crippen molar-refractivity contribution in [3.63, 3.8) is 0 Å². The van der Waals surface area contributed by atoms with Gasteiger partial charge in [-0.25, -0.2) is 0 Å². The van der Waals surface area contributed by atoms with E-state index in [0.717, 1.165) is 6.54 Å². The van der Waals surface area contributed by atoms with Crippen molar-refractivity contribution in [2.75, 3.05) is 6.54 Å². The second kappa shape index (κ2) is 23.9. The van der Waals surface area contributed by atoms with Crippen LogP contribution in [0.1, 0.15) is 116 Å². The molecule has 0 aliphatic heterocycles. The summed E-state index contributed by atoms with van der Waals surface area (Å²) in [6.07, 6.45) is 22.3. The Morgan fingerprint density at radius 1 is 0.679 bits per heavy atom. The van der Waals surface area contributed by atoms with Gasteiger partial charge in [-0.05, 0) is 13.0 Å². The van der Waals surface area contributed by atoms with Crippen LogP contribution in [0.5, 0.6) is 0 Å². The lowest BCUT2D eigenvalue weighted by Gasteiger charge is -2.03. The molecule has 0 radical (unpaired) electrons. The Labute approximate surface area is 172 Å². The molecule has 0 aromatic heterocycles. The molecule has 168 valence electrons. The van der Waals surface area contributed by atoms with E-state index in [1.807, 2.05) is 0 Å². The number of rotatable bonds is 19. The average molecular weight is 403 g/mol. The molecule has 0 spiro atoms. The van der Waals surface area contributed by atoms with Gasteiger partial charge < -0.3 is 21.7 Å². The third kappa shape index (κ3) is 27.1. The van der Waals surface area contributed by atoms with Gasteiger partial charge in [0, 0.05) is 0 Å². The summed E-state index contributed by atoms with van der Waals surface area (Å²) in [4.78, 5) is 19.6. The van der Waals surface area contributed by atoms with Crippen LogP contribution >= 0.6 is 0 Å². The van der Waals surface area contributed by atoms with E-state index in [2.05, 4.69) is 6.92 Å². The lowest BCUT2D eigenvalue weighted by Crippen LogP contribution is -2.32. The maximum atomic E-state index is 9.85. The molecule has 0 fully saturated rings. The molecule has 0 aliphatic carbocycles. The monoisotopic (exact) mass is 402 g/mol. The van der Waals surface area contributed by atoms with Gasteiger partial charge in [-0.1, -0.05) is 103 Å². The van der Waals surface area contributed by atoms with Gasteiger partial charge in [-0.2, -0.15) is 0 Å². The van der Waals surface area contributed by atoms with Crippen LogP contribution in [-0.2, 0) is 9.59 Å². The third-order valence-corrected chi connectivity index (χ3v) is 4.77. The summed E-state index contributed by atoms with van der Waals surface area (Å²) in [6.45, 7) is 3.16. The van der Waals surface area contributed by atoms with Crippen LogP contribution in [0.3, 0.4) is 0 Å². The molecule has 0 heterocycles. The van der Waals surface area contributed by atoms with Crippen molar-refractivity contribution in [1.29, 1.82) is 0 Å². The minimum absolute atomic E-state index is 0.532. The summed E-state index contributed by atoms with van der Waals surface area (Å²) in [6, 6.07) is -1.29. The summed E-state index contributed by atoms with van der Waals surface area (Å²) in [5.41, 5.74) is 10.3. The van der Waals surface area contributed by atoms with E-state index in [1.54, 1.807) is 0 Å². The average Bonchev–Trinajstić information content (AvgIpc) is 2.65. The van der Waals surface area contributed by atoms with Crippen molar-refractivity contribution in [2.24, 2.45) is 11.5 Å². The molecular weight excluding hydrogens is 356 g/mol. The Kier molecular flexibility index (Phi) is 24.8. The first-order valence-electron chi connectivity index (χ1n) is 11.4. The molecule has 1 unspecified atom stereocenters. The maximum Gasteiger partial charge on any atom is 0.321 e. The van der Waals surface area contributed by atoms with Gasteiger partial charge in [-0.15, -0.1) is 0 Å². The number of hydrogen-bond acceptors (Lipinski definition) is 4. The highest BCUT2D eigenvalue weighted by atomic mass is 16.4. The van der Waals surface area contributed by atoms with E-state index in [9.17, 15) is 9.59 Å². The maximum absolute atomic E-state index is 9.85. The zero-order valence-corrected chi connectivity index (χ0v) is 18.2. The zero-order valence-electron chi connectivity index (χ0n) is 18.2. The predicted octanol–water partition coefficient (Wildman–Crippen LogP) is 5.08. The van der Waals surface area contributed by atoms with Crippen LogP contribution < -0.4 is 11.5 Å². The molecule has 6 nitrogen and oxygen atoms in total. The Bertz CT molecular complexity index is 335. The zero-order chi connectivity index (χ0) is 21.5. The second-order valence-corrected chi connectivity index (χ2v) is 7.63. The molecule has 0 bridgehead atoms. The van der Waals surface area contributed by atoms with Crippen LogP contribution in [0.2, 0.25) is 0 Å². The van der Waals surface area contributed by atoms with Gasteiger partial charge in [-0.3, -0.25) is 9.59 Å². The number of carboxylic acid groups (broad SMARTS) is 2. The van der Waals surface area contributed by atoms with Crippen LogP contribution in [0.15, 0.2) is 0 Å². The predicted molar refractivity (Wildman–Crippen MR) is 116 cm³/mol. The fraction of sp³-hybridized carbons (Fsp3) is 0.909. The lowest BCUT2D eigenvalue weighted by atomic mass is 10.0. The largest absolute Gasteiger partial charge is 0.481 e. The molecule has 28 heavy (non-hydrogen) atoms. The van der Waals surface area contributed by atoms with E-state index in [0.29, 0.717) is 0 Å². The van der Waals surface area contributed by atoms with E-state index in [-0.39, 0.29) is 0 Å². The highest BCUT2D eigenvalue weighted by Gasteiger charge is 2.14. The number of aliphatic carboxylic acids is 2. The molecule has 0 rings (SSSR count). The van der Waals surface area contributed by atoms with Gasteiger partial charge in [0.15, 0.2) is 0 Å². The molecule has 6 N–H and O–H groups in total. The van der Waals surface area contributed by atoms with Crippen molar-refractivity contribution in [3.05, 3.63) is 0 Å². The van der Waals surface area contributed by atoms with Gasteiger partial charge in [0.2, 0.25) is 0 Å². The molecule has 0 aliphatic rings. The molecule has 0 saturated carbocycles. The van der Waals surface area contributed by atoms with Crippen LogP contribution in [0, 0.1) is 0 Å². The Morgan fingerprint density at radius 2 is 1.00 bits per heavy atom. The number of nitrogens with two attached hydrogens (primary N) is 2. The van der Waals surface area contributed by atoms with E-state index < -0.39 is 24.4 Å². The summed E-state index contributed by atoms with van der Waals surface area (Å²) in [5, 5.41) is 16.0. The Hall–Kier alpha value is -1.14. The normalized spacial score (nSPS) is 11.5. The minimum Gasteiger partial charge on any atom is -0.481 e. The number of carbonyl (C=O) groups is 2. The van der Waals surface area contributed by atoms with Crippen molar-refractivity contribution < 1.29 is 19.8 Å². The number of unbranched alkanes of at least 4 members (excludes halogenated alkanes) is 15. The quantitative estimate of drug-likeness (QED) is 0.223. The van der Waals surface area contributed by atoms with Crippen LogP contribution in [-0.4, -0.2) is 34.7 Å². The fourth-order valence-electron chi connectivity index (χ4n) is 2.97. The molecule has 0 aromatic rings. The topological polar surface area (TPSA) is 127 Å². The SMILES string of the molecule is CCCCCCCCCCCCCCCCCCN.NC(CC(=O)O)C(=O)O. The minimum atomic E-state index is -1.29. The van der Waals surface area contributed by atoms with Gasteiger partial charge in [0.1, 0.15) is 6.04 Å². The van der Waals surface area contributed by atoms with Crippen LogP contribution in [0.4, 0.5) is 0 Å². The molecule has 0 aromatic carbocycles. The lowest BCUT2D eigenvalue weighted by molar-refractivity contribution is -0.144. The smallest absolute Gasteiger partial charge is 0.321 e. The first kappa shape index (κ1) is 29.1. The van der Waals surface area contributed by atoms with Crippen LogP contribution in [0.25, 0.3) is 0 Å². The molecule has 0 amide bonds. The van der Waals surface area contributed by atoms with Crippen molar-refractivity contribution in [1.82, 2.24) is 0 Å². The first-order valence-corrected chi connectivity index (χ1v) is 11.4. The van der Waals surface area contributed by atoms with Crippen molar-refractivity contribution in [3.8, 4) is 0 Å². The molecular formula is C22H46N2O4. The van der Waals surface area contributed by atoms with Gasteiger partial charge in [0.25, 0.3) is 0 Å². The summed E-state index contributed by atoms with van der Waals surface area (Å²) in [7, 11) is 0. The number of hydrogen-bond donors (Lipinski definition) is 4. The molecule has 1 atom stereocenters. The molecule has 0 saturated heterocycles. The Morgan fingerprint density at radius 3 is 1.21 bits per heavy atom.